The van der Waals surface area contributed by atoms with Crippen molar-refractivity contribution < 1.29 is 9.59 Å². The first-order valence-corrected chi connectivity index (χ1v) is 9.78. The summed E-state index contributed by atoms with van der Waals surface area (Å²) in [6.07, 6.45) is 4.79. The average molecular weight is 377 g/mol. The highest BCUT2D eigenvalue weighted by molar-refractivity contribution is 7.99. The summed E-state index contributed by atoms with van der Waals surface area (Å²) in [5.74, 6) is 0.396. The summed E-state index contributed by atoms with van der Waals surface area (Å²) in [5.41, 5.74) is 4.71. The zero-order valence-electron chi connectivity index (χ0n) is 14.9. The van der Waals surface area contributed by atoms with Crippen LogP contribution >= 0.6 is 11.8 Å². The number of fused-ring (bicyclic) bond motifs is 1. The number of nitrogens with zero attached hydrogens (tertiary/aromatic N) is 2. The number of imidazole rings is 1. The summed E-state index contributed by atoms with van der Waals surface area (Å²) in [6.45, 7) is 2.05. The van der Waals surface area contributed by atoms with E-state index in [-0.39, 0.29) is 11.7 Å². The van der Waals surface area contributed by atoms with Crippen LogP contribution in [0.3, 0.4) is 0 Å². The Bertz CT molecular complexity index is 1030. The number of amides is 1. The number of Topliss-reactive ketones (excluding diaryl/α,β-unsaturated/α-hetero) is 1. The molecule has 4 rings (SSSR count). The number of aromatic nitrogens is 2. The second-order valence-electron chi connectivity index (χ2n) is 6.55. The predicted octanol–water partition coefficient (Wildman–Crippen LogP) is 4.04. The van der Waals surface area contributed by atoms with Crippen LogP contribution in [-0.4, -0.2) is 27.0 Å². The Balaban J connectivity index is 1.48. The van der Waals surface area contributed by atoms with Crippen molar-refractivity contribution in [2.45, 2.75) is 24.9 Å². The molecule has 0 saturated carbocycles. The van der Waals surface area contributed by atoms with E-state index in [1.54, 1.807) is 12.3 Å². The lowest BCUT2D eigenvalue weighted by Gasteiger charge is -2.17. The van der Waals surface area contributed by atoms with Crippen LogP contribution in [0.2, 0.25) is 0 Å². The summed E-state index contributed by atoms with van der Waals surface area (Å²) in [6, 6.07) is 13.7. The van der Waals surface area contributed by atoms with Crippen molar-refractivity contribution in [2.75, 3.05) is 11.1 Å². The van der Waals surface area contributed by atoms with E-state index >= 15 is 0 Å². The Morgan fingerprint density at radius 2 is 2.11 bits per heavy atom. The Morgan fingerprint density at radius 3 is 2.96 bits per heavy atom. The van der Waals surface area contributed by atoms with E-state index in [9.17, 15) is 9.59 Å². The molecule has 0 spiro atoms. The molecule has 2 heterocycles. The molecule has 136 valence electrons. The molecular formula is C21H19N3O2S. The van der Waals surface area contributed by atoms with Gasteiger partial charge in [0.25, 0.3) is 0 Å². The molecular weight excluding hydrogens is 358 g/mol. The van der Waals surface area contributed by atoms with E-state index < -0.39 is 0 Å². The first-order valence-electron chi connectivity index (χ1n) is 8.79. The lowest BCUT2D eigenvalue weighted by Crippen LogP contribution is -2.19. The predicted molar refractivity (Wildman–Crippen MR) is 107 cm³/mol. The van der Waals surface area contributed by atoms with Crippen LogP contribution < -0.4 is 5.32 Å². The van der Waals surface area contributed by atoms with Gasteiger partial charge in [-0.15, -0.1) is 0 Å². The smallest absolute Gasteiger partial charge is 0.224 e. The third-order valence-electron chi connectivity index (χ3n) is 4.54. The second-order valence-corrected chi connectivity index (χ2v) is 7.49. The number of anilines is 1. The second kappa shape index (κ2) is 7.40. The standard InChI is InChI=1S/C21H19N3O2S/c1-14-3-2-4-17(11-14)24-10-9-22-21(24)27-13-19(25)16-5-7-18-15(12-16)6-8-20(26)23-18/h2-5,7,9-12H,6,8,13H2,1H3,(H,23,26). The zero-order chi connectivity index (χ0) is 18.8. The van der Waals surface area contributed by atoms with Gasteiger partial charge in [0.1, 0.15) is 0 Å². The van der Waals surface area contributed by atoms with Crippen LogP contribution in [0.4, 0.5) is 5.69 Å². The molecule has 0 atom stereocenters. The Kier molecular flexibility index (Phi) is 4.81. The van der Waals surface area contributed by atoms with Gasteiger partial charge < -0.3 is 5.32 Å². The SMILES string of the molecule is Cc1cccc(-n2ccnc2SCC(=O)c2ccc3c(c2)CCC(=O)N3)c1. The largest absolute Gasteiger partial charge is 0.326 e. The van der Waals surface area contributed by atoms with E-state index in [0.717, 1.165) is 22.1 Å². The molecule has 27 heavy (non-hydrogen) atoms. The summed E-state index contributed by atoms with van der Waals surface area (Å²) in [7, 11) is 0. The van der Waals surface area contributed by atoms with Crippen molar-refractivity contribution in [3.05, 3.63) is 71.5 Å². The van der Waals surface area contributed by atoms with Crippen molar-refractivity contribution >= 4 is 29.1 Å². The molecule has 1 aliphatic rings. The fourth-order valence-corrected chi connectivity index (χ4v) is 4.01. The quantitative estimate of drug-likeness (QED) is 0.538. The minimum absolute atomic E-state index is 0.0279. The van der Waals surface area contributed by atoms with Gasteiger partial charge in [0, 0.05) is 35.8 Å². The Labute approximate surface area is 161 Å². The number of rotatable bonds is 5. The number of hydrogen-bond donors (Lipinski definition) is 1. The Morgan fingerprint density at radius 1 is 1.22 bits per heavy atom. The van der Waals surface area contributed by atoms with E-state index in [1.807, 2.05) is 35.0 Å². The maximum atomic E-state index is 12.6. The zero-order valence-corrected chi connectivity index (χ0v) is 15.8. The van der Waals surface area contributed by atoms with E-state index in [2.05, 4.69) is 29.4 Å². The summed E-state index contributed by atoms with van der Waals surface area (Å²) in [4.78, 5) is 28.5. The van der Waals surface area contributed by atoms with E-state index in [4.69, 9.17) is 0 Å². The van der Waals surface area contributed by atoms with Gasteiger partial charge in [-0.1, -0.05) is 23.9 Å². The van der Waals surface area contributed by atoms with Crippen molar-refractivity contribution in [3.8, 4) is 5.69 Å². The van der Waals surface area contributed by atoms with Crippen LogP contribution in [0.25, 0.3) is 5.69 Å². The average Bonchev–Trinajstić information content (AvgIpc) is 3.14. The summed E-state index contributed by atoms with van der Waals surface area (Å²) in [5, 5.41) is 3.63. The minimum atomic E-state index is 0.0279. The number of thioether (sulfide) groups is 1. The first-order chi connectivity index (χ1) is 13.1. The van der Waals surface area contributed by atoms with Gasteiger partial charge in [-0.2, -0.15) is 0 Å². The molecule has 2 aromatic carbocycles. The molecule has 6 heteroatoms. The highest BCUT2D eigenvalue weighted by Crippen LogP contribution is 2.26. The molecule has 0 radical (unpaired) electrons. The molecule has 5 nitrogen and oxygen atoms in total. The molecule has 1 amide bonds. The molecule has 1 N–H and O–H groups in total. The van der Waals surface area contributed by atoms with Gasteiger partial charge >= 0.3 is 0 Å². The molecule has 1 aliphatic heterocycles. The number of carbonyl (C=O) groups excluding carboxylic acids is 2. The van der Waals surface area contributed by atoms with E-state index in [0.29, 0.717) is 24.2 Å². The fraction of sp³-hybridized carbons (Fsp3) is 0.190. The Hall–Kier alpha value is -2.86. The summed E-state index contributed by atoms with van der Waals surface area (Å²) >= 11 is 1.43. The maximum absolute atomic E-state index is 12.6. The minimum Gasteiger partial charge on any atom is -0.326 e. The van der Waals surface area contributed by atoms with Crippen molar-refractivity contribution in [1.29, 1.82) is 0 Å². The molecule has 0 unspecified atom stereocenters. The lowest BCUT2D eigenvalue weighted by molar-refractivity contribution is -0.116. The molecule has 0 saturated heterocycles. The van der Waals surface area contributed by atoms with Crippen LogP contribution in [0, 0.1) is 6.92 Å². The normalized spacial score (nSPS) is 13.1. The molecule has 1 aromatic heterocycles. The van der Waals surface area contributed by atoms with Crippen molar-refractivity contribution in [1.82, 2.24) is 9.55 Å². The number of benzene rings is 2. The number of hydrogen-bond acceptors (Lipinski definition) is 4. The topological polar surface area (TPSA) is 64.0 Å². The first kappa shape index (κ1) is 17.5. The highest BCUT2D eigenvalue weighted by Gasteiger charge is 2.17. The van der Waals surface area contributed by atoms with Crippen LogP contribution in [0.15, 0.2) is 60.0 Å². The van der Waals surface area contributed by atoms with Crippen LogP contribution in [0.5, 0.6) is 0 Å². The van der Waals surface area contributed by atoms with Gasteiger partial charge in [0.2, 0.25) is 5.91 Å². The van der Waals surface area contributed by atoms with Gasteiger partial charge in [0.05, 0.1) is 5.75 Å². The number of nitrogens with one attached hydrogen (secondary N) is 1. The lowest BCUT2D eigenvalue weighted by atomic mass is 9.99. The molecule has 0 bridgehead atoms. The monoisotopic (exact) mass is 377 g/mol. The van der Waals surface area contributed by atoms with Gasteiger partial charge in [0.15, 0.2) is 10.9 Å². The van der Waals surface area contributed by atoms with Crippen molar-refractivity contribution in [3.63, 3.8) is 0 Å². The highest BCUT2D eigenvalue weighted by atomic mass is 32.2. The van der Waals surface area contributed by atoms with Crippen molar-refractivity contribution in [2.24, 2.45) is 0 Å². The third-order valence-corrected chi connectivity index (χ3v) is 5.51. The van der Waals surface area contributed by atoms with Crippen LogP contribution in [0.1, 0.15) is 27.9 Å². The van der Waals surface area contributed by atoms with Gasteiger partial charge in [-0.3, -0.25) is 14.2 Å². The summed E-state index contributed by atoms with van der Waals surface area (Å²) < 4.78 is 1.99. The maximum Gasteiger partial charge on any atom is 0.224 e. The van der Waals surface area contributed by atoms with E-state index in [1.165, 1.54) is 17.3 Å². The third kappa shape index (κ3) is 3.80. The van der Waals surface area contributed by atoms with Crippen LogP contribution in [-0.2, 0) is 11.2 Å². The number of ketones is 1. The molecule has 0 fully saturated rings. The fourth-order valence-electron chi connectivity index (χ4n) is 3.14. The van der Waals surface area contributed by atoms with Gasteiger partial charge in [-0.05, 0) is 54.8 Å². The molecule has 0 aliphatic carbocycles. The molecule has 3 aromatic rings. The van der Waals surface area contributed by atoms with Gasteiger partial charge in [-0.25, -0.2) is 4.98 Å². The number of carbonyl (C=O) groups is 2. The number of aryl methyl sites for hydroxylation is 2.